The summed E-state index contributed by atoms with van der Waals surface area (Å²) in [6, 6.07) is 7.22. The first kappa shape index (κ1) is 22.2. The van der Waals surface area contributed by atoms with Crippen molar-refractivity contribution < 1.29 is 37.7 Å². The molecule has 3 rings (SSSR count). The maximum atomic E-state index is 12.8. The summed E-state index contributed by atoms with van der Waals surface area (Å²) in [7, 11) is 4.05. The number of urea groups is 1. The summed E-state index contributed by atoms with van der Waals surface area (Å²) in [5.74, 6) is -0.257. The lowest BCUT2D eigenvalue weighted by Gasteiger charge is -2.14. The molecule has 2 heterocycles. The second-order valence-electron chi connectivity index (χ2n) is 6.34. The van der Waals surface area contributed by atoms with E-state index >= 15 is 0 Å². The number of furan rings is 1. The van der Waals surface area contributed by atoms with E-state index in [-0.39, 0.29) is 47.6 Å². The summed E-state index contributed by atoms with van der Waals surface area (Å²) < 4.78 is 25.8. The Hall–Kier alpha value is -4.46. The smallest absolute Gasteiger partial charge is 0.373 e. The van der Waals surface area contributed by atoms with E-state index in [1.54, 1.807) is 12.1 Å². The molecule has 1 N–H and O–H groups in total. The van der Waals surface area contributed by atoms with Gasteiger partial charge in [0.05, 0.1) is 27.9 Å². The number of carbonyl (C=O) groups excluding carboxylic acids is 3. The Morgan fingerprint density at radius 1 is 1.19 bits per heavy atom. The zero-order valence-corrected chi connectivity index (χ0v) is 17.5. The first-order valence-corrected chi connectivity index (χ1v) is 9.19. The SMILES string of the molecule is COC(=O)c1ccc(CN2C(=O)N/C(=C\c3cc(OC)c(OCC#N)c(OC)c3)C2=O)o1. The van der Waals surface area contributed by atoms with Gasteiger partial charge in [-0.3, -0.25) is 9.69 Å². The molecule has 1 aromatic heterocycles. The van der Waals surface area contributed by atoms with Gasteiger partial charge in [-0.05, 0) is 35.9 Å². The number of carbonyl (C=O) groups is 3. The Bertz CT molecular complexity index is 1100. The molecule has 32 heavy (non-hydrogen) atoms. The highest BCUT2D eigenvalue weighted by Gasteiger charge is 2.34. The minimum Gasteiger partial charge on any atom is -0.493 e. The van der Waals surface area contributed by atoms with Gasteiger partial charge in [0.1, 0.15) is 17.5 Å². The molecule has 0 radical (unpaired) electrons. The number of methoxy groups -OCH3 is 3. The van der Waals surface area contributed by atoms with Gasteiger partial charge in [0.2, 0.25) is 11.5 Å². The molecule has 166 valence electrons. The average molecular weight is 441 g/mol. The third-order valence-electron chi connectivity index (χ3n) is 4.40. The lowest BCUT2D eigenvalue weighted by atomic mass is 10.1. The van der Waals surface area contributed by atoms with Gasteiger partial charge in [0.25, 0.3) is 5.91 Å². The molecule has 1 aliphatic rings. The molecule has 11 nitrogen and oxygen atoms in total. The van der Waals surface area contributed by atoms with Crippen molar-refractivity contribution in [3.8, 4) is 23.3 Å². The largest absolute Gasteiger partial charge is 0.493 e. The molecule has 1 aromatic carbocycles. The number of esters is 1. The number of imide groups is 1. The summed E-state index contributed by atoms with van der Waals surface area (Å²) in [6.45, 7) is -0.381. The molecule has 11 heteroatoms. The number of ether oxygens (including phenoxy) is 4. The molecule has 0 aliphatic carbocycles. The van der Waals surface area contributed by atoms with Gasteiger partial charge in [0.15, 0.2) is 18.1 Å². The van der Waals surface area contributed by atoms with Gasteiger partial charge < -0.3 is 28.7 Å². The van der Waals surface area contributed by atoms with Crippen molar-refractivity contribution in [1.29, 1.82) is 5.26 Å². The Balaban J connectivity index is 1.84. The summed E-state index contributed by atoms with van der Waals surface area (Å²) >= 11 is 0. The van der Waals surface area contributed by atoms with Crippen molar-refractivity contribution in [3.63, 3.8) is 0 Å². The van der Waals surface area contributed by atoms with Crippen molar-refractivity contribution in [3.05, 3.63) is 47.0 Å². The van der Waals surface area contributed by atoms with Crippen molar-refractivity contribution >= 4 is 24.0 Å². The molecular weight excluding hydrogens is 422 g/mol. The molecule has 3 amide bonds. The zero-order valence-electron chi connectivity index (χ0n) is 17.5. The fourth-order valence-corrected chi connectivity index (χ4v) is 2.94. The highest BCUT2D eigenvalue weighted by atomic mass is 16.5. The van der Waals surface area contributed by atoms with Crippen LogP contribution in [0.5, 0.6) is 17.2 Å². The van der Waals surface area contributed by atoms with Crippen LogP contribution in [-0.2, 0) is 16.1 Å². The second kappa shape index (κ2) is 9.57. The van der Waals surface area contributed by atoms with Crippen molar-refractivity contribution in [2.45, 2.75) is 6.54 Å². The Morgan fingerprint density at radius 3 is 2.47 bits per heavy atom. The molecule has 1 fully saturated rings. The molecule has 0 unspecified atom stereocenters. The Morgan fingerprint density at radius 2 is 1.88 bits per heavy atom. The lowest BCUT2D eigenvalue weighted by Crippen LogP contribution is -2.30. The van der Waals surface area contributed by atoms with Crippen molar-refractivity contribution in [2.75, 3.05) is 27.9 Å². The summed E-state index contributed by atoms with van der Waals surface area (Å²) in [5, 5.41) is 11.2. The van der Waals surface area contributed by atoms with Crippen LogP contribution < -0.4 is 19.5 Å². The highest BCUT2D eigenvalue weighted by Crippen LogP contribution is 2.39. The van der Waals surface area contributed by atoms with E-state index in [1.807, 2.05) is 6.07 Å². The van der Waals surface area contributed by atoms with E-state index in [4.69, 9.17) is 23.9 Å². The predicted molar refractivity (Wildman–Crippen MR) is 108 cm³/mol. The van der Waals surface area contributed by atoms with Gasteiger partial charge in [0, 0.05) is 0 Å². The number of nitrogens with zero attached hydrogens (tertiary/aromatic N) is 2. The van der Waals surface area contributed by atoms with Crippen LogP contribution in [0.2, 0.25) is 0 Å². The van der Waals surface area contributed by atoms with E-state index in [2.05, 4.69) is 10.1 Å². The zero-order chi connectivity index (χ0) is 23.3. The van der Waals surface area contributed by atoms with E-state index in [1.165, 1.54) is 39.5 Å². The minimum atomic E-state index is -0.667. The van der Waals surface area contributed by atoms with E-state index < -0.39 is 17.9 Å². The number of rotatable bonds is 8. The normalized spacial score (nSPS) is 14.2. The number of nitriles is 1. The van der Waals surface area contributed by atoms with Crippen LogP contribution in [0.15, 0.2) is 34.4 Å². The Kier molecular flexibility index (Phi) is 6.65. The summed E-state index contributed by atoms with van der Waals surface area (Å²) in [6.07, 6.45) is 1.45. The van der Waals surface area contributed by atoms with Crippen LogP contribution in [0.3, 0.4) is 0 Å². The summed E-state index contributed by atoms with van der Waals surface area (Å²) in [4.78, 5) is 37.5. The standard InChI is InChI=1S/C21H19N3O8/c1-28-16-9-12(10-17(29-2)18(16)31-7-6-22)8-14-19(25)24(21(27)23-14)11-13-4-5-15(32-13)20(26)30-3/h4-5,8-10H,7,11H2,1-3H3,(H,23,27)/b14-8-. The second-order valence-corrected chi connectivity index (χ2v) is 6.34. The third-order valence-corrected chi connectivity index (χ3v) is 4.40. The minimum absolute atomic E-state index is 0.0181. The van der Waals surface area contributed by atoms with E-state index in [9.17, 15) is 14.4 Å². The van der Waals surface area contributed by atoms with Crippen molar-refractivity contribution in [1.82, 2.24) is 10.2 Å². The fraction of sp³-hybridized carbons (Fsp3) is 0.238. The first-order valence-electron chi connectivity index (χ1n) is 9.19. The molecular formula is C21H19N3O8. The number of hydrogen-bond donors (Lipinski definition) is 1. The van der Waals surface area contributed by atoms with Crippen LogP contribution in [0.1, 0.15) is 21.9 Å². The topological polar surface area (TPSA) is 140 Å². The predicted octanol–water partition coefficient (Wildman–Crippen LogP) is 2.08. The van der Waals surface area contributed by atoms with Gasteiger partial charge in [-0.25, -0.2) is 9.59 Å². The van der Waals surface area contributed by atoms with Gasteiger partial charge in [-0.1, -0.05) is 0 Å². The number of nitrogens with one attached hydrogen (secondary N) is 1. The molecule has 0 saturated carbocycles. The van der Waals surface area contributed by atoms with Gasteiger partial charge >= 0.3 is 12.0 Å². The molecule has 2 aromatic rings. The maximum absolute atomic E-state index is 12.8. The monoisotopic (exact) mass is 441 g/mol. The van der Waals surface area contributed by atoms with E-state index in [0.29, 0.717) is 5.56 Å². The molecule has 1 aliphatic heterocycles. The third kappa shape index (κ3) is 4.49. The van der Waals surface area contributed by atoms with Gasteiger partial charge in [-0.15, -0.1) is 0 Å². The van der Waals surface area contributed by atoms with E-state index in [0.717, 1.165) is 4.90 Å². The van der Waals surface area contributed by atoms with Crippen LogP contribution in [0, 0.1) is 11.3 Å². The van der Waals surface area contributed by atoms with Gasteiger partial charge in [-0.2, -0.15) is 5.26 Å². The summed E-state index contributed by atoms with van der Waals surface area (Å²) in [5.41, 5.74) is 0.504. The quantitative estimate of drug-likeness (QED) is 0.370. The first-order chi connectivity index (χ1) is 15.4. The molecule has 0 bridgehead atoms. The molecule has 0 spiro atoms. The van der Waals surface area contributed by atoms with Crippen LogP contribution in [-0.4, -0.2) is 50.7 Å². The van der Waals surface area contributed by atoms with Crippen molar-refractivity contribution in [2.24, 2.45) is 0 Å². The lowest BCUT2D eigenvalue weighted by molar-refractivity contribution is -0.123. The highest BCUT2D eigenvalue weighted by molar-refractivity contribution is 6.13. The average Bonchev–Trinajstić information content (AvgIpc) is 3.37. The van der Waals surface area contributed by atoms with Crippen LogP contribution in [0.25, 0.3) is 6.08 Å². The fourth-order valence-electron chi connectivity index (χ4n) is 2.94. The number of benzene rings is 1. The Labute approximate surface area is 182 Å². The molecule has 1 saturated heterocycles. The number of hydrogen-bond acceptors (Lipinski definition) is 9. The van der Waals surface area contributed by atoms with Crippen LogP contribution in [0.4, 0.5) is 4.79 Å². The maximum Gasteiger partial charge on any atom is 0.373 e. The molecule has 0 atom stereocenters. The van der Waals surface area contributed by atoms with Crippen LogP contribution >= 0.6 is 0 Å². The number of amides is 3.